The molecule has 0 spiro atoms. The molecule has 0 unspecified atom stereocenters. The highest BCUT2D eigenvalue weighted by Gasteiger charge is 2.26. The summed E-state index contributed by atoms with van der Waals surface area (Å²) >= 11 is 0. The number of aromatic nitrogens is 4. The van der Waals surface area contributed by atoms with Crippen molar-refractivity contribution in [3.63, 3.8) is 0 Å². The van der Waals surface area contributed by atoms with Gasteiger partial charge in [-0.05, 0) is 84.5 Å². The average Bonchev–Trinajstić information content (AvgIpc) is 2.87. The largest absolute Gasteiger partial charge is 0.351 e. The summed E-state index contributed by atoms with van der Waals surface area (Å²) < 4.78 is 43.9. The summed E-state index contributed by atoms with van der Waals surface area (Å²) in [5.74, 6) is -0.221. The fraction of sp³-hybridized carbons (Fsp3) is 0.571. The zero-order valence-corrected chi connectivity index (χ0v) is 24.3. The zero-order valence-electron chi connectivity index (χ0n) is 23.5. The molecule has 0 atom stereocenters. The molecule has 5 rings (SSSR count). The number of sulfonamides is 1. The third-order valence-corrected chi connectivity index (χ3v) is 9.54. The fourth-order valence-electron chi connectivity index (χ4n) is 5.58. The van der Waals surface area contributed by atoms with Crippen LogP contribution < -0.4 is 15.6 Å². The predicted octanol–water partition coefficient (Wildman–Crippen LogP) is 4.40. The molecule has 0 radical (unpaired) electrons. The van der Waals surface area contributed by atoms with Crippen molar-refractivity contribution in [2.45, 2.75) is 76.9 Å². The quantitative estimate of drug-likeness (QED) is 0.388. The first-order chi connectivity index (χ1) is 19.0. The molecular weight excluding hydrogens is 533 g/mol. The first-order valence-corrected chi connectivity index (χ1v) is 15.7. The Morgan fingerprint density at radius 3 is 2.42 bits per heavy atom. The molecule has 2 fully saturated rings. The van der Waals surface area contributed by atoms with Crippen LogP contribution in [0.5, 0.6) is 0 Å². The number of fused-ring (bicyclic) bond motifs is 1. The van der Waals surface area contributed by atoms with Crippen molar-refractivity contribution in [3.8, 4) is 11.3 Å². The standard InChI is InChI=1S/C28H38FN7O3S/c1-17(2)36-26-24(15-30-28(33-26)31-20-9-11-21(12-10-20)35(3)4)32-25(27(36)37)19-8-13-23(22(29)14-19)34-40(38,39)16-18-6-5-7-18/h8,13-15,17-18,20-21,34H,5-7,9-12,16H2,1-4H3,(H,30,31,33)/t20-,21-. The Kier molecular flexibility index (Phi) is 8.10. The minimum Gasteiger partial charge on any atom is -0.351 e. The Balaban J connectivity index is 1.41. The van der Waals surface area contributed by atoms with Crippen molar-refractivity contribution >= 4 is 32.8 Å². The van der Waals surface area contributed by atoms with Gasteiger partial charge in [0.2, 0.25) is 16.0 Å². The Bertz CT molecular complexity index is 1550. The minimum atomic E-state index is -3.67. The molecule has 12 heteroatoms. The summed E-state index contributed by atoms with van der Waals surface area (Å²) in [6, 6.07) is 4.58. The molecule has 10 nitrogen and oxygen atoms in total. The molecule has 3 aromatic rings. The van der Waals surface area contributed by atoms with Crippen LogP contribution in [-0.2, 0) is 10.0 Å². The van der Waals surface area contributed by atoms with Crippen LogP contribution in [0.3, 0.4) is 0 Å². The lowest BCUT2D eigenvalue weighted by molar-refractivity contribution is 0.221. The van der Waals surface area contributed by atoms with Gasteiger partial charge in [-0.3, -0.25) is 14.1 Å². The number of benzene rings is 1. The van der Waals surface area contributed by atoms with E-state index in [1.165, 1.54) is 12.1 Å². The van der Waals surface area contributed by atoms with Crippen molar-refractivity contribution in [3.05, 3.63) is 40.6 Å². The lowest BCUT2D eigenvalue weighted by atomic mass is 9.87. The molecule has 0 bridgehead atoms. The summed E-state index contributed by atoms with van der Waals surface area (Å²) in [5, 5.41) is 3.43. The van der Waals surface area contributed by atoms with Crippen LogP contribution >= 0.6 is 0 Å². The van der Waals surface area contributed by atoms with Gasteiger partial charge < -0.3 is 10.2 Å². The van der Waals surface area contributed by atoms with E-state index in [1.54, 1.807) is 10.8 Å². The molecule has 2 saturated carbocycles. The second-order valence-electron chi connectivity index (χ2n) is 11.6. The number of rotatable bonds is 9. The summed E-state index contributed by atoms with van der Waals surface area (Å²) in [6.45, 7) is 3.76. The van der Waals surface area contributed by atoms with Gasteiger partial charge in [0, 0.05) is 23.7 Å². The van der Waals surface area contributed by atoms with E-state index >= 15 is 4.39 Å². The first kappa shape index (κ1) is 28.4. The molecule has 1 aromatic carbocycles. The van der Waals surface area contributed by atoms with Crippen LogP contribution in [0.4, 0.5) is 16.0 Å². The summed E-state index contributed by atoms with van der Waals surface area (Å²) in [6.07, 6.45) is 8.56. The highest BCUT2D eigenvalue weighted by Crippen LogP contribution is 2.30. The molecule has 0 amide bonds. The second-order valence-corrected chi connectivity index (χ2v) is 13.4. The normalized spacial score (nSPS) is 20.2. The van der Waals surface area contributed by atoms with Gasteiger partial charge in [0.05, 0.1) is 17.6 Å². The minimum absolute atomic E-state index is 0.0201. The maximum absolute atomic E-state index is 15.0. The molecule has 216 valence electrons. The van der Waals surface area contributed by atoms with Crippen molar-refractivity contribution < 1.29 is 12.8 Å². The Hall–Kier alpha value is -3.12. The van der Waals surface area contributed by atoms with E-state index in [9.17, 15) is 13.2 Å². The summed E-state index contributed by atoms with van der Waals surface area (Å²) in [4.78, 5) is 29.5. The van der Waals surface area contributed by atoms with Crippen LogP contribution in [0, 0.1) is 11.7 Å². The van der Waals surface area contributed by atoms with E-state index in [0.717, 1.165) is 51.0 Å². The van der Waals surface area contributed by atoms with E-state index in [1.807, 2.05) is 13.8 Å². The molecule has 40 heavy (non-hydrogen) atoms. The van der Waals surface area contributed by atoms with Crippen LogP contribution in [0.25, 0.3) is 22.4 Å². The number of hydrogen-bond acceptors (Lipinski definition) is 8. The molecule has 0 saturated heterocycles. The van der Waals surface area contributed by atoms with Crippen LogP contribution in [-0.4, -0.2) is 64.8 Å². The van der Waals surface area contributed by atoms with Crippen molar-refractivity contribution in [2.75, 3.05) is 29.9 Å². The molecular formula is C28H38FN7O3S. The number of hydrogen-bond donors (Lipinski definition) is 2. The van der Waals surface area contributed by atoms with Gasteiger partial charge in [-0.1, -0.05) is 12.5 Å². The Morgan fingerprint density at radius 2 is 1.82 bits per heavy atom. The van der Waals surface area contributed by atoms with Gasteiger partial charge in [0.15, 0.2) is 5.65 Å². The molecule has 2 aliphatic carbocycles. The Morgan fingerprint density at radius 1 is 1.10 bits per heavy atom. The maximum Gasteiger partial charge on any atom is 0.278 e. The molecule has 0 aliphatic heterocycles. The van der Waals surface area contributed by atoms with Crippen molar-refractivity contribution in [1.29, 1.82) is 0 Å². The van der Waals surface area contributed by atoms with Crippen molar-refractivity contribution in [1.82, 2.24) is 24.4 Å². The Labute approximate surface area is 234 Å². The summed E-state index contributed by atoms with van der Waals surface area (Å²) in [7, 11) is 0.552. The van der Waals surface area contributed by atoms with Crippen molar-refractivity contribution in [2.24, 2.45) is 5.92 Å². The van der Waals surface area contributed by atoms with Gasteiger partial charge in [0.25, 0.3) is 5.56 Å². The van der Waals surface area contributed by atoms with Crippen LogP contribution in [0.15, 0.2) is 29.2 Å². The zero-order chi connectivity index (χ0) is 28.6. The van der Waals surface area contributed by atoms with Gasteiger partial charge >= 0.3 is 0 Å². The van der Waals surface area contributed by atoms with Crippen LogP contribution in [0.2, 0.25) is 0 Å². The predicted molar refractivity (Wildman–Crippen MR) is 155 cm³/mol. The van der Waals surface area contributed by atoms with E-state index in [-0.39, 0.29) is 40.7 Å². The highest BCUT2D eigenvalue weighted by molar-refractivity contribution is 7.92. The van der Waals surface area contributed by atoms with Gasteiger partial charge in [0.1, 0.15) is 17.0 Å². The number of nitrogens with one attached hydrogen (secondary N) is 2. The molecule has 2 aliphatic rings. The van der Waals surface area contributed by atoms with E-state index < -0.39 is 21.4 Å². The molecule has 2 N–H and O–H groups in total. The third-order valence-electron chi connectivity index (χ3n) is 8.10. The fourth-order valence-corrected chi connectivity index (χ4v) is 7.12. The SMILES string of the molecule is CC(C)n1c(=O)c(-c2ccc(NS(=O)(=O)CC3CCC3)c(F)c2)nc2cnc(N[C@H]3CC[C@H](N(C)C)CC3)nc21. The molecule has 2 aromatic heterocycles. The van der Waals surface area contributed by atoms with Gasteiger partial charge in [-0.15, -0.1) is 0 Å². The second kappa shape index (κ2) is 11.4. The van der Waals surface area contributed by atoms with E-state index in [0.29, 0.717) is 23.2 Å². The molecule has 2 heterocycles. The third kappa shape index (κ3) is 6.12. The first-order valence-electron chi connectivity index (χ1n) is 14.0. The van der Waals surface area contributed by atoms with Gasteiger partial charge in [-0.2, -0.15) is 4.98 Å². The summed E-state index contributed by atoms with van der Waals surface area (Å²) in [5.41, 5.74) is 0.568. The number of anilines is 2. The van der Waals surface area contributed by atoms with Crippen LogP contribution in [0.1, 0.15) is 64.8 Å². The lowest BCUT2D eigenvalue weighted by Crippen LogP contribution is -2.36. The lowest BCUT2D eigenvalue weighted by Gasteiger charge is -2.32. The number of halogens is 1. The smallest absolute Gasteiger partial charge is 0.278 e. The van der Waals surface area contributed by atoms with E-state index in [2.05, 4.69) is 44.0 Å². The average molecular weight is 572 g/mol. The maximum atomic E-state index is 15.0. The monoisotopic (exact) mass is 571 g/mol. The van der Waals surface area contributed by atoms with Gasteiger partial charge in [-0.25, -0.2) is 22.8 Å². The topological polar surface area (TPSA) is 122 Å². The number of nitrogens with zero attached hydrogens (tertiary/aromatic N) is 5. The highest BCUT2D eigenvalue weighted by atomic mass is 32.2. The van der Waals surface area contributed by atoms with E-state index in [4.69, 9.17) is 0 Å².